The molecular weight excluding hydrogens is 383 g/mol. The molecule has 3 nitrogen and oxygen atoms in total. The zero-order valence-corrected chi connectivity index (χ0v) is 18.0. The van der Waals surface area contributed by atoms with Gasteiger partial charge in [-0.25, -0.2) is 9.37 Å². The van der Waals surface area contributed by atoms with Crippen molar-refractivity contribution in [2.24, 2.45) is 0 Å². The van der Waals surface area contributed by atoms with Crippen LogP contribution < -0.4 is 5.32 Å². The maximum Gasteiger partial charge on any atom is 0.275 e. The lowest BCUT2D eigenvalue weighted by molar-refractivity contribution is 0.102. The smallest absolute Gasteiger partial charge is 0.275 e. The second-order valence-corrected chi connectivity index (χ2v) is 8.24. The zero-order chi connectivity index (χ0) is 20.8. The number of anilines is 1. The second-order valence-electron chi connectivity index (χ2n) is 7.36. The predicted molar refractivity (Wildman–Crippen MR) is 119 cm³/mol. The number of benzene rings is 2. The van der Waals surface area contributed by atoms with Gasteiger partial charge in [0, 0.05) is 22.5 Å². The third-order valence-corrected chi connectivity index (χ3v) is 5.98. The van der Waals surface area contributed by atoms with Gasteiger partial charge >= 0.3 is 0 Å². The van der Waals surface area contributed by atoms with Crippen molar-refractivity contribution < 1.29 is 9.18 Å². The SMILES string of the molecule is CCCC(CCC)c1nc(C(=O)Nc2ccc(F)cc2-c2ccc(C)cc2)cs1. The van der Waals surface area contributed by atoms with Crippen molar-refractivity contribution in [1.82, 2.24) is 4.98 Å². The average molecular weight is 411 g/mol. The molecule has 1 heterocycles. The molecular formula is C24H27FN2OS. The third-order valence-electron chi connectivity index (χ3n) is 4.97. The van der Waals surface area contributed by atoms with Crippen LogP contribution in [0.25, 0.3) is 11.1 Å². The number of nitrogens with zero attached hydrogens (tertiary/aromatic N) is 1. The summed E-state index contributed by atoms with van der Waals surface area (Å²) in [4.78, 5) is 17.4. The molecule has 0 radical (unpaired) electrons. The lowest BCUT2D eigenvalue weighted by atomic mass is 9.99. The molecule has 2 aromatic carbocycles. The summed E-state index contributed by atoms with van der Waals surface area (Å²) in [6, 6.07) is 12.2. The van der Waals surface area contributed by atoms with Crippen molar-refractivity contribution in [3.8, 4) is 11.1 Å². The minimum Gasteiger partial charge on any atom is -0.320 e. The third kappa shape index (κ3) is 5.30. The van der Waals surface area contributed by atoms with Gasteiger partial charge < -0.3 is 5.32 Å². The van der Waals surface area contributed by atoms with Crippen molar-refractivity contribution in [2.75, 3.05) is 5.32 Å². The summed E-state index contributed by atoms with van der Waals surface area (Å²) in [6.07, 6.45) is 4.36. The van der Waals surface area contributed by atoms with E-state index in [0.717, 1.165) is 41.8 Å². The zero-order valence-electron chi connectivity index (χ0n) is 17.2. The summed E-state index contributed by atoms with van der Waals surface area (Å²) in [5.41, 5.74) is 3.63. The summed E-state index contributed by atoms with van der Waals surface area (Å²) >= 11 is 1.55. The van der Waals surface area contributed by atoms with Crippen LogP contribution >= 0.6 is 11.3 Å². The second kappa shape index (κ2) is 9.79. The molecule has 0 unspecified atom stereocenters. The Morgan fingerprint density at radius 1 is 1.10 bits per heavy atom. The first-order valence-electron chi connectivity index (χ1n) is 10.1. The summed E-state index contributed by atoms with van der Waals surface area (Å²) in [6.45, 7) is 6.35. The summed E-state index contributed by atoms with van der Waals surface area (Å²) in [5.74, 6) is -0.193. The highest BCUT2D eigenvalue weighted by Gasteiger charge is 2.18. The number of hydrogen-bond acceptors (Lipinski definition) is 3. The molecule has 152 valence electrons. The fraction of sp³-hybridized carbons (Fsp3) is 0.333. The monoisotopic (exact) mass is 410 g/mol. The van der Waals surface area contributed by atoms with Crippen LogP contribution in [0.15, 0.2) is 47.8 Å². The maximum atomic E-state index is 13.9. The number of amides is 1. The van der Waals surface area contributed by atoms with Gasteiger partial charge in [0.05, 0.1) is 5.01 Å². The Bertz CT molecular complexity index is 959. The highest BCUT2D eigenvalue weighted by molar-refractivity contribution is 7.09. The van der Waals surface area contributed by atoms with Crippen LogP contribution in [-0.4, -0.2) is 10.9 Å². The van der Waals surface area contributed by atoms with Crippen LogP contribution in [0, 0.1) is 12.7 Å². The van der Waals surface area contributed by atoms with Crippen LogP contribution in [0.4, 0.5) is 10.1 Å². The maximum absolute atomic E-state index is 13.9. The topological polar surface area (TPSA) is 42.0 Å². The van der Waals surface area contributed by atoms with Gasteiger partial charge in [-0.3, -0.25) is 4.79 Å². The Hall–Kier alpha value is -2.53. The lowest BCUT2D eigenvalue weighted by Crippen LogP contribution is -2.13. The van der Waals surface area contributed by atoms with E-state index in [2.05, 4.69) is 24.1 Å². The number of thiazole rings is 1. The summed E-state index contributed by atoms with van der Waals surface area (Å²) in [5, 5.41) is 5.76. The van der Waals surface area contributed by atoms with Gasteiger partial charge in [-0.05, 0) is 43.5 Å². The molecule has 29 heavy (non-hydrogen) atoms. The molecule has 0 saturated heterocycles. The number of nitrogens with one attached hydrogen (secondary N) is 1. The van der Waals surface area contributed by atoms with Crippen molar-refractivity contribution in [3.05, 3.63) is 69.9 Å². The molecule has 0 atom stereocenters. The van der Waals surface area contributed by atoms with E-state index in [-0.39, 0.29) is 11.7 Å². The minimum absolute atomic E-state index is 0.265. The first-order valence-corrected chi connectivity index (χ1v) is 11.0. The van der Waals surface area contributed by atoms with E-state index in [9.17, 15) is 9.18 Å². The molecule has 5 heteroatoms. The minimum atomic E-state index is -0.337. The van der Waals surface area contributed by atoms with E-state index in [0.29, 0.717) is 22.9 Å². The fourth-order valence-electron chi connectivity index (χ4n) is 3.45. The highest BCUT2D eigenvalue weighted by Crippen LogP contribution is 2.31. The molecule has 1 N–H and O–H groups in total. The van der Waals surface area contributed by atoms with Gasteiger partial charge in [0.25, 0.3) is 5.91 Å². The Kier molecular flexibility index (Phi) is 7.15. The number of carbonyl (C=O) groups excluding carboxylic acids is 1. The van der Waals surface area contributed by atoms with Crippen LogP contribution in [0.2, 0.25) is 0 Å². The lowest BCUT2D eigenvalue weighted by Gasteiger charge is -2.12. The van der Waals surface area contributed by atoms with E-state index < -0.39 is 0 Å². The molecule has 0 saturated carbocycles. The average Bonchev–Trinajstić information content (AvgIpc) is 3.20. The van der Waals surface area contributed by atoms with Crippen molar-refractivity contribution in [1.29, 1.82) is 0 Å². The number of aromatic nitrogens is 1. The van der Waals surface area contributed by atoms with E-state index in [1.54, 1.807) is 17.4 Å². The van der Waals surface area contributed by atoms with E-state index >= 15 is 0 Å². The number of rotatable bonds is 8. The molecule has 0 spiro atoms. The summed E-state index contributed by atoms with van der Waals surface area (Å²) < 4.78 is 13.9. The molecule has 3 rings (SSSR count). The van der Waals surface area contributed by atoms with Gasteiger partial charge in [0.1, 0.15) is 11.5 Å². The molecule has 0 aliphatic heterocycles. The Morgan fingerprint density at radius 3 is 2.45 bits per heavy atom. The van der Waals surface area contributed by atoms with E-state index in [4.69, 9.17) is 0 Å². The number of carbonyl (C=O) groups is 1. The Morgan fingerprint density at radius 2 is 1.79 bits per heavy atom. The van der Waals surface area contributed by atoms with Crippen LogP contribution in [0.3, 0.4) is 0 Å². The summed E-state index contributed by atoms with van der Waals surface area (Å²) in [7, 11) is 0. The first-order chi connectivity index (χ1) is 14.0. The largest absolute Gasteiger partial charge is 0.320 e. The van der Waals surface area contributed by atoms with Gasteiger partial charge in [-0.15, -0.1) is 11.3 Å². The van der Waals surface area contributed by atoms with Crippen molar-refractivity contribution in [3.63, 3.8) is 0 Å². The van der Waals surface area contributed by atoms with Crippen LogP contribution in [-0.2, 0) is 0 Å². The van der Waals surface area contributed by atoms with E-state index in [1.165, 1.54) is 12.1 Å². The van der Waals surface area contributed by atoms with Gasteiger partial charge in [-0.1, -0.05) is 56.5 Å². The van der Waals surface area contributed by atoms with Crippen LogP contribution in [0.1, 0.15) is 66.5 Å². The molecule has 1 aromatic heterocycles. The van der Waals surface area contributed by atoms with Crippen LogP contribution in [0.5, 0.6) is 0 Å². The molecule has 0 aliphatic carbocycles. The van der Waals surface area contributed by atoms with Gasteiger partial charge in [-0.2, -0.15) is 0 Å². The number of aryl methyl sites for hydroxylation is 1. The van der Waals surface area contributed by atoms with Gasteiger partial charge in [0.15, 0.2) is 0 Å². The highest BCUT2D eigenvalue weighted by atomic mass is 32.1. The Labute approximate surface area is 176 Å². The normalized spacial score (nSPS) is 11.1. The fourth-order valence-corrected chi connectivity index (χ4v) is 4.42. The van der Waals surface area contributed by atoms with E-state index in [1.807, 2.05) is 36.6 Å². The Balaban J connectivity index is 1.83. The number of halogens is 1. The van der Waals surface area contributed by atoms with Crippen molar-refractivity contribution >= 4 is 22.9 Å². The predicted octanol–water partition coefficient (Wildman–Crippen LogP) is 7.19. The number of hydrogen-bond donors (Lipinski definition) is 1. The molecule has 0 aliphatic rings. The molecule has 3 aromatic rings. The quantitative estimate of drug-likeness (QED) is 0.427. The molecule has 0 bridgehead atoms. The standard InChI is InChI=1S/C24H27FN2OS/c1-4-6-18(7-5-2)24-27-22(15-29-24)23(28)26-21-13-12-19(25)14-20(21)17-10-8-16(3)9-11-17/h8-15,18H,4-7H2,1-3H3,(H,26,28). The van der Waals surface area contributed by atoms with Gasteiger partial charge in [0.2, 0.25) is 0 Å². The van der Waals surface area contributed by atoms with Crippen molar-refractivity contribution in [2.45, 2.75) is 52.4 Å². The molecule has 1 amide bonds. The first kappa shape index (κ1) is 21.2. The molecule has 0 fully saturated rings.